The number of allylic oxidation sites excluding steroid dienone is 1. The van der Waals surface area contributed by atoms with Crippen LogP contribution in [0.4, 0.5) is 0 Å². The summed E-state index contributed by atoms with van der Waals surface area (Å²) in [5.74, 6) is 1.02. The number of amides is 1. The minimum atomic E-state index is -0.0570. The second-order valence-corrected chi connectivity index (χ2v) is 8.43. The van der Waals surface area contributed by atoms with Crippen molar-refractivity contribution in [2.24, 2.45) is 0 Å². The van der Waals surface area contributed by atoms with Crippen LogP contribution in [0.25, 0.3) is 11.4 Å². The number of aromatic nitrogens is 3. The van der Waals surface area contributed by atoms with Crippen LogP contribution >= 0.6 is 34.7 Å². The fourth-order valence-corrected chi connectivity index (χ4v) is 4.29. The maximum atomic E-state index is 12.2. The largest absolute Gasteiger partial charge is 0.351 e. The molecule has 1 aromatic carbocycles. The average molecular weight is 433 g/mol. The molecule has 2 aromatic heterocycles. The Hall–Kier alpha value is -2.09. The normalized spacial score (nSPS) is 10.8. The summed E-state index contributed by atoms with van der Waals surface area (Å²) in [7, 11) is 0. The van der Waals surface area contributed by atoms with Gasteiger partial charge in [0.2, 0.25) is 5.91 Å². The molecule has 0 aliphatic rings. The summed E-state index contributed by atoms with van der Waals surface area (Å²) in [5, 5.41) is 15.0. The van der Waals surface area contributed by atoms with Crippen LogP contribution in [0, 0.1) is 0 Å². The zero-order chi connectivity index (χ0) is 19.9. The molecule has 0 spiro atoms. The van der Waals surface area contributed by atoms with Crippen LogP contribution in [0.2, 0.25) is 5.02 Å². The van der Waals surface area contributed by atoms with Gasteiger partial charge in [-0.3, -0.25) is 9.36 Å². The van der Waals surface area contributed by atoms with Gasteiger partial charge in [-0.05, 0) is 30.2 Å². The summed E-state index contributed by atoms with van der Waals surface area (Å²) in [6.45, 7) is 7.02. The Balaban J connectivity index is 1.62. The standard InChI is InChI=1S/C20H21ClN4OS2/c1-3-9-25-19(15-10-17(4-2)27-12-15)23-24-20(25)28-13-18(26)22-11-14-5-7-16(21)8-6-14/h3,5-8,10,12H,1,4,9,11,13H2,2H3,(H,22,26). The van der Waals surface area contributed by atoms with Gasteiger partial charge in [-0.15, -0.1) is 28.1 Å². The van der Waals surface area contributed by atoms with Crippen LogP contribution in [0.5, 0.6) is 0 Å². The summed E-state index contributed by atoms with van der Waals surface area (Å²) >= 11 is 8.97. The third-order valence-electron chi connectivity index (χ3n) is 4.02. The SMILES string of the molecule is C=CCn1c(SCC(=O)NCc2ccc(Cl)cc2)nnc1-c1csc(CC)c1. The third-order valence-corrected chi connectivity index (χ3v) is 6.32. The van der Waals surface area contributed by atoms with Gasteiger partial charge in [0.05, 0.1) is 5.75 Å². The van der Waals surface area contributed by atoms with Gasteiger partial charge in [-0.2, -0.15) is 0 Å². The van der Waals surface area contributed by atoms with Crippen molar-refractivity contribution in [2.75, 3.05) is 5.75 Å². The minimum absolute atomic E-state index is 0.0570. The van der Waals surface area contributed by atoms with Gasteiger partial charge in [0.1, 0.15) is 0 Å². The lowest BCUT2D eigenvalue weighted by molar-refractivity contribution is -0.118. The van der Waals surface area contributed by atoms with Crippen LogP contribution in [-0.4, -0.2) is 26.4 Å². The highest BCUT2D eigenvalue weighted by atomic mass is 35.5. The number of thiophene rings is 1. The first kappa shape index (κ1) is 20.6. The molecule has 1 amide bonds. The van der Waals surface area contributed by atoms with E-state index in [-0.39, 0.29) is 11.7 Å². The molecule has 0 saturated heterocycles. The fourth-order valence-electron chi connectivity index (χ4n) is 2.57. The Labute approximate surface area is 177 Å². The van der Waals surface area contributed by atoms with Crippen molar-refractivity contribution < 1.29 is 4.79 Å². The number of thioether (sulfide) groups is 1. The number of benzene rings is 1. The molecule has 146 valence electrons. The smallest absolute Gasteiger partial charge is 0.230 e. The zero-order valence-corrected chi connectivity index (χ0v) is 17.9. The molecule has 0 bridgehead atoms. The topological polar surface area (TPSA) is 59.8 Å². The lowest BCUT2D eigenvalue weighted by atomic mass is 10.2. The summed E-state index contributed by atoms with van der Waals surface area (Å²) in [6.07, 6.45) is 2.81. The highest BCUT2D eigenvalue weighted by Crippen LogP contribution is 2.28. The molecule has 5 nitrogen and oxygen atoms in total. The molecule has 2 heterocycles. The number of rotatable bonds is 9. The summed E-state index contributed by atoms with van der Waals surface area (Å²) in [4.78, 5) is 13.5. The Bertz CT molecular complexity index is 950. The molecule has 3 aromatic rings. The first-order chi connectivity index (χ1) is 13.6. The predicted molar refractivity (Wildman–Crippen MR) is 117 cm³/mol. The predicted octanol–water partition coefficient (Wildman–Crippen LogP) is 4.82. The van der Waals surface area contributed by atoms with Gasteiger partial charge in [0, 0.05) is 33.9 Å². The van der Waals surface area contributed by atoms with Crippen molar-refractivity contribution in [3.8, 4) is 11.4 Å². The van der Waals surface area contributed by atoms with Crippen molar-refractivity contribution in [3.63, 3.8) is 0 Å². The zero-order valence-electron chi connectivity index (χ0n) is 15.5. The number of carbonyl (C=O) groups is 1. The molecule has 8 heteroatoms. The summed E-state index contributed by atoms with van der Waals surface area (Å²) in [5.41, 5.74) is 2.05. The van der Waals surface area contributed by atoms with Gasteiger partial charge in [0.15, 0.2) is 11.0 Å². The van der Waals surface area contributed by atoms with E-state index in [1.54, 1.807) is 11.3 Å². The molecule has 0 fully saturated rings. The van der Waals surface area contributed by atoms with E-state index in [4.69, 9.17) is 11.6 Å². The van der Waals surface area contributed by atoms with Crippen LogP contribution in [0.3, 0.4) is 0 Å². The lowest BCUT2D eigenvalue weighted by Gasteiger charge is -2.07. The number of hydrogen-bond acceptors (Lipinski definition) is 5. The van der Waals surface area contributed by atoms with Crippen molar-refractivity contribution in [2.45, 2.75) is 31.6 Å². The van der Waals surface area contributed by atoms with Crippen molar-refractivity contribution in [3.05, 3.63) is 63.8 Å². The van der Waals surface area contributed by atoms with E-state index in [0.717, 1.165) is 23.4 Å². The summed E-state index contributed by atoms with van der Waals surface area (Å²) < 4.78 is 1.99. The lowest BCUT2D eigenvalue weighted by Crippen LogP contribution is -2.24. The monoisotopic (exact) mass is 432 g/mol. The van der Waals surface area contributed by atoms with Crippen LogP contribution < -0.4 is 5.32 Å². The molecule has 0 aliphatic heterocycles. The van der Waals surface area contributed by atoms with Crippen LogP contribution in [0.15, 0.2) is 53.5 Å². The molecule has 1 N–H and O–H groups in total. The van der Waals surface area contributed by atoms with Crippen LogP contribution in [0.1, 0.15) is 17.4 Å². The second-order valence-electron chi connectivity index (χ2n) is 6.05. The molecular formula is C20H21ClN4OS2. The first-order valence-corrected chi connectivity index (χ1v) is 11.1. The Morgan fingerprint density at radius 1 is 1.36 bits per heavy atom. The third kappa shape index (κ3) is 5.25. The number of nitrogens with one attached hydrogen (secondary N) is 1. The van der Waals surface area contributed by atoms with E-state index in [1.807, 2.05) is 34.9 Å². The summed E-state index contributed by atoms with van der Waals surface area (Å²) in [6, 6.07) is 9.56. The first-order valence-electron chi connectivity index (χ1n) is 8.86. The Morgan fingerprint density at radius 2 is 2.14 bits per heavy atom. The number of carbonyl (C=O) groups excluding carboxylic acids is 1. The van der Waals surface area contributed by atoms with E-state index in [0.29, 0.717) is 23.3 Å². The van der Waals surface area contributed by atoms with Gasteiger partial charge >= 0.3 is 0 Å². The highest BCUT2D eigenvalue weighted by molar-refractivity contribution is 7.99. The minimum Gasteiger partial charge on any atom is -0.351 e. The van der Waals surface area contributed by atoms with E-state index >= 15 is 0 Å². The Morgan fingerprint density at radius 3 is 2.82 bits per heavy atom. The second kappa shape index (κ2) is 9.91. The van der Waals surface area contributed by atoms with E-state index in [9.17, 15) is 4.79 Å². The van der Waals surface area contributed by atoms with Gasteiger partial charge in [0.25, 0.3) is 0 Å². The van der Waals surface area contributed by atoms with Crippen molar-refractivity contribution in [1.29, 1.82) is 0 Å². The number of halogens is 1. The maximum absolute atomic E-state index is 12.2. The molecular weight excluding hydrogens is 412 g/mol. The van der Waals surface area contributed by atoms with E-state index in [1.165, 1.54) is 16.6 Å². The quantitative estimate of drug-likeness (QED) is 0.389. The Kier molecular flexibility index (Phi) is 7.30. The average Bonchev–Trinajstić information content (AvgIpc) is 3.33. The highest BCUT2D eigenvalue weighted by Gasteiger charge is 2.16. The van der Waals surface area contributed by atoms with Crippen molar-refractivity contribution in [1.82, 2.24) is 20.1 Å². The van der Waals surface area contributed by atoms with Gasteiger partial charge < -0.3 is 5.32 Å². The number of nitrogens with zero attached hydrogens (tertiary/aromatic N) is 3. The number of hydrogen-bond donors (Lipinski definition) is 1. The van der Waals surface area contributed by atoms with E-state index < -0.39 is 0 Å². The molecule has 0 unspecified atom stereocenters. The number of aryl methyl sites for hydroxylation is 1. The molecule has 0 saturated carbocycles. The maximum Gasteiger partial charge on any atom is 0.230 e. The molecule has 0 atom stereocenters. The van der Waals surface area contributed by atoms with Crippen LogP contribution in [-0.2, 0) is 24.3 Å². The van der Waals surface area contributed by atoms with Gasteiger partial charge in [-0.1, -0.05) is 48.5 Å². The molecule has 0 aliphatic carbocycles. The molecule has 0 radical (unpaired) electrons. The van der Waals surface area contributed by atoms with E-state index in [2.05, 4.69) is 40.5 Å². The molecule has 28 heavy (non-hydrogen) atoms. The molecule has 3 rings (SSSR count). The fraction of sp³-hybridized carbons (Fsp3) is 0.250. The van der Waals surface area contributed by atoms with Gasteiger partial charge in [-0.25, -0.2) is 0 Å². The van der Waals surface area contributed by atoms with Crippen molar-refractivity contribution >= 4 is 40.6 Å².